The Bertz CT molecular complexity index is 1110. The van der Waals surface area contributed by atoms with Crippen LogP contribution in [-0.2, 0) is 4.79 Å². The first-order valence-corrected chi connectivity index (χ1v) is 11.6. The van der Waals surface area contributed by atoms with Gasteiger partial charge in [0, 0.05) is 30.3 Å². The number of hydrogen-bond donors (Lipinski definition) is 1. The molecular formula is C23H24N4O4S. The van der Waals surface area contributed by atoms with Crippen LogP contribution >= 0.6 is 11.8 Å². The molecule has 9 heteroatoms. The van der Waals surface area contributed by atoms with E-state index in [0.29, 0.717) is 16.6 Å². The van der Waals surface area contributed by atoms with Crippen LogP contribution in [-0.4, -0.2) is 39.3 Å². The number of nitrogens with one attached hydrogen (secondary N) is 1. The monoisotopic (exact) mass is 452 g/mol. The zero-order valence-electron chi connectivity index (χ0n) is 17.7. The Morgan fingerprint density at radius 2 is 1.91 bits per heavy atom. The molecule has 0 saturated heterocycles. The van der Waals surface area contributed by atoms with E-state index in [0.717, 1.165) is 42.9 Å². The van der Waals surface area contributed by atoms with Gasteiger partial charge >= 0.3 is 0 Å². The maximum Gasteiger partial charge on any atom is 0.251 e. The predicted octanol–water partition coefficient (Wildman–Crippen LogP) is 4.44. The molecule has 1 amide bonds. The van der Waals surface area contributed by atoms with Crippen LogP contribution in [0.3, 0.4) is 0 Å². The number of carbonyl (C=O) groups is 1. The second-order valence-corrected chi connectivity index (χ2v) is 8.80. The van der Waals surface area contributed by atoms with E-state index in [9.17, 15) is 4.79 Å². The highest BCUT2D eigenvalue weighted by atomic mass is 32.2. The molecule has 166 valence electrons. The average Bonchev–Trinajstić information content (AvgIpc) is 3.42. The minimum absolute atomic E-state index is 0.134. The molecule has 1 spiro atoms. The smallest absolute Gasteiger partial charge is 0.251 e. The van der Waals surface area contributed by atoms with Gasteiger partial charge in [0.05, 0.1) is 12.9 Å². The molecule has 3 aromatic rings. The molecule has 1 aromatic heterocycles. The van der Waals surface area contributed by atoms with Gasteiger partial charge in [-0.15, -0.1) is 10.2 Å². The molecule has 2 heterocycles. The van der Waals surface area contributed by atoms with Crippen molar-refractivity contribution in [2.75, 3.05) is 18.2 Å². The summed E-state index contributed by atoms with van der Waals surface area (Å²) in [7, 11) is 1.63. The lowest BCUT2D eigenvalue weighted by Crippen LogP contribution is -2.40. The Labute approximate surface area is 190 Å². The molecule has 0 bridgehead atoms. The quantitative estimate of drug-likeness (QED) is 0.553. The van der Waals surface area contributed by atoms with Gasteiger partial charge in [-0.25, -0.2) is 0 Å². The Morgan fingerprint density at radius 1 is 1.12 bits per heavy atom. The van der Waals surface area contributed by atoms with Crippen LogP contribution in [0.2, 0.25) is 0 Å². The Morgan fingerprint density at radius 3 is 2.69 bits per heavy atom. The fraction of sp³-hybridized carbons (Fsp3) is 0.348. The molecule has 0 radical (unpaired) electrons. The third-order valence-corrected chi connectivity index (χ3v) is 6.58. The number of thioether (sulfide) groups is 1. The van der Waals surface area contributed by atoms with E-state index >= 15 is 0 Å². The lowest BCUT2D eigenvalue weighted by Gasteiger charge is -2.31. The Hall–Kier alpha value is -3.20. The van der Waals surface area contributed by atoms with Gasteiger partial charge in [0.1, 0.15) is 12.1 Å². The first-order chi connectivity index (χ1) is 15.6. The molecule has 1 aliphatic carbocycles. The number of aromatic nitrogens is 3. The van der Waals surface area contributed by atoms with Crippen molar-refractivity contribution < 1.29 is 19.0 Å². The second kappa shape index (κ2) is 8.74. The van der Waals surface area contributed by atoms with Crippen molar-refractivity contribution in [3.05, 3.63) is 48.8 Å². The largest absolute Gasteiger partial charge is 0.497 e. The molecule has 8 nitrogen and oxygen atoms in total. The van der Waals surface area contributed by atoms with Gasteiger partial charge in [-0.05, 0) is 49.2 Å². The van der Waals surface area contributed by atoms with Gasteiger partial charge in [0.15, 0.2) is 16.7 Å². The molecule has 0 atom stereocenters. The number of amides is 1. The first kappa shape index (κ1) is 20.7. The van der Waals surface area contributed by atoms with E-state index < -0.39 is 5.79 Å². The number of anilines is 1. The third-order valence-electron chi connectivity index (χ3n) is 5.63. The minimum atomic E-state index is -0.523. The number of methoxy groups -OCH3 is 1. The molecule has 5 rings (SSSR count). The lowest BCUT2D eigenvalue weighted by molar-refractivity contribution is -0.113. The lowest BCUT2D eigenvalue weighted by atomic mass is 9.94. The summed E-state index contributed by atoms with van der Waals surface area (Å²) in [6.07, 6.45) is 6.85. The van der Waals surface area contributed by atoms with Crippen LogP contribution in [0.4, 0.5) is 5.69 Å². The normalized spacial score (nSPS) is 16.2. The topological polar surface area (TPSA) is 87.5 Å². The molecule has 0 unspecified atom stereocenters. The van der Waals surface area contributed by atoms with Crippen molar-refractivity contribution in [3.8, 4) is 22.9 Å². The summed E-state index contributed by atoms with van der Waals surface area (Å²) in [5.74, 6) is 1.75. The summed E-state index contributed by atoms with van der Waals surface area (Å²) >= 11 is 1.32. The fourth-order valence-corrected chi connectivity index (χ4v) is 4.76. The number of fused-ring (bicyclic) bond motifs is 1. The summed E-state index contributed by atoms with van der Waals surface area (Å²) in [5, 5.41) is 11.7. The fourth-order valence-electron chi connectivity index (χ4n) is 4.04. The first-order valence-electron chi connectivity index (χ1n) is 10.6. The van der Waals surface area contributed by atoms with E-state index in [1.54, 1.807) is 13.4 Å². The van der Waals surface area contributed by atoms with Gasteiger partial charge in [0.25, 0.3) is 5.79 Å². The zero-order valence-corrected chi connectivity index (χ0v) is 18.6. The number of rotatable bonds is 6. The van der Waals surface area contributed by atoms with Crippen molar-refractivity contribution in [2.45, 2.75) is 43.0 Å². The average molecular weight is 453 g/mol. The van der Waals surface area contributed by atoms with Crippen LogP contribution < -0.4 is 19.5 Å². The van der Waals surface area contributed by atoms with Gasteiger partial charge < -0.3 is 19.5 Å². The highest BCUT2D eigenvalue weighted by Crippen LogP contribution is 2.46. The number of carbonyl (C=O) groups excluding carboxylic acids is 1. The highest BCUT2D eigenvalue weighted by molar-refractivity contribution is 7.99. The number of benzene rings is 2. The van der Waals surface area contributed by atoms with Gasteiger partial charge in [0.2, 0.25) is 5.91 Å². The Balaban J connectivity index is 1.20. The molecule has 1 aliphatic heterocycles. The van der Waals surface area contributed by atoms with Gasteiger partial charge in [-0.2, -0.15) is 0 Å². The van der Waals surface area contributed by atoms with E-state index in [1.165, 1.54) is 18.2 Å². The van der Waals surface area contributed by atoms with Crippen LogP contribution in [0.15, 0.2) is 53.9 Å². The SMILES string of the molecule is COc1ccc(-n2cnnc2SCC(=O)Nc2ccc3c(c2)OC2(CCCCC2)O3)cc1. The molecule has 2 aliphatic rings. The maximum absolute atomic E-state index is 12.6. The van der Waals surface area contributed by atoms with Crippen LogP contribution in [0.5, 0.6) is 17.2 Å². The van der Waals surface area contributed by atoms with Crippen molar-refractivity contribution in [3.63, 3.8) is 0 Å². The van der Waals surface area contributed by atoms with Gasteiger partial charge in [-0.3, -0.25) is 9.36 Å². The minimum Gasteiger partial charge on any atom is -0.497 e. The second-order valence-electron chi connectivity index (χ2n) is 7.86. The zero-order chi connectivity index (χ0) is 22.0. The number of ether oxygens (including phenoxy) is 3. The van der Waals surface area contributed by atoms with Crippen LogP contribution in [0, 0.1) is 0 Å². The summed E-state index contributed by atoms with van der Waals surface area (Å²) in [6, 6.07) is 13.1. The van der Waals surface area contributed by atoms with Gasteiger partial charge in [-0.1, -0.05) is 18.2 Å². The molecule has 1 N–H and O–H groups in total. The molecule has 1 fully saturated rings. The number of nitrogens with zero attached hydrogens (tertiary/aromatic N) is 3. The van der Waals surface area contributed by atoms with E-state index in [4.69, 9.17) is 14.2 Å². The van der Waals surface area contributed by atoms with E-state index in [2.05, 4.69) is 15.5 Å². The summed E-state index contributed by atoms with van der Waals surface area (Å²) in [5.41, 5.74) is 1.58. The Kier molecular flexibility index (Phi) is 5.65. The summed E-state index contributed by atoms with van der Waals surface area (Å²) < 4.78 is 19.3. The molecule has 1 saturated carbocycles. The predicted molar refractivity (Wildman–Crippen MR) is 121 cm³/mol. The van der Waals surface area contributed by atoms with Crippen LogP contribution in [0.1, 0.15) is 32.1 Å². The summed E-state index contributed by atoms with van der Waals surface area (Å²) in [6.45, 7) is 0. The molecule has 2 aromatic carbocycles. The molecular weight excluding hydrogens is 428 g/mol. The third kappa shape index (κ3) is 4.25. The standard InChI is InChI=1S/C23H24N4O4S/c1-29-18-8-6-17(7-9-18)27-15-24-26-22(27)32-14-21(28)25-16-5-10-19-20(13-16)31-23(30-19)11-3-2-4-12-23/h5-10,13,15H,2-4,11-12,14H2,1H3,(H,25,28). The summed E-state index contributed by atoms with van der Waals surface area (Å²) in [4.78, 5) is 12.6. The van der Waals surface area contributed by atoms with Crippen molar-refractivity contribution in [1.29, 1.82) is 0 Å². The van der Waals surface area contributed by atoms with Crippen LogP contribution in [0.25, 0.3) is 5.69 Å². The van der Waals surface area contributed by atoms with Crippen molar-refractivity contribution in [1.82, 2.24) is 14.8 Å². The maximum atomic E-state index is 12.6. The molecule has 32 heavy (non-hydrogen) atoms. The van der Waals surface area contributed by atoms with Crippen molar-refractivity contribution in [2.24, 2.45) is 0 Å². The highest BCUT2D eigenvalue weighted by Gasteiger charge is 2.42. The van der Waals surface area contributed by atoms with E-state index in [1.807, 2.05) is 47.0 Å². The van der Waals surface area contributed by atoms with E-state index in [-0.39, 0.29) is 11.7 Å². The number of hydrogen-bond acceptors (Lipinski definition) is 7. The van der Waals surface area contributed by atoms with Crippen molar-refractivity contribution >= 4 is 23.4 Å².